The summed E-state index contributed by atoms with van der Waals surface area (Å²) in [5, 5.41) is 13.0. The Labute approximate surface area is 143 Å². The van der Waals surface area contributed by atoms with Crippen molar-refractivity contribution in [1.82, 2.24) is 5.10 Å². The van der Waals surface area contributed by atoms with Gasteiger partial charge in [0.25, 0.3) is 11.6 Å². The Bertz CT molecular complexity index is 826. The predicted octanol–water partition coefficient (Wildman–Crippen LogP) is 2.20. The molecular weight excluding hydrogens is 328 g/mol. The van der Waals surface area contributed by atoms with Gasteiger partial charge in [0, 0.05) is 26.9 Å². The van der Waals surface area contributed by atoms with Gasteiger partial charge in [-0.1, -0.05) is 53.9 Å². The molecule has 2 aromatic carbocycles. The van der Waals surface area contributed by atoms with Gasteiger partial charge >= 0.3 is 0 Å². The summed E-state index contributed by atoms with van der Waals surface area (Å²) in [7, 11) is 0. The van der Waals surface area contributed by atoms with Crippen LogP contribution < -0.4 is 9.81 Å². The number of hydrogen-bond acceptors (Lipinski definition) is 5. The lowest BCUT2D eigenvalue weighted by molar-refractivity contribution is -0.587. The monoisotopic (exact) mass is 340 g/mol. The Morgan fingerprint density at radius 2 is 1.65 bits per heavy atom. The van der Waals surface area contributed by atoms with Crippen molar-refractivity contribution in [2.75, 3.05) is 0 Å². The molecule has 0 aliphatic rings. The minimum absolute atomic E-state index is 0.458. The number of nitrogens with two attached hydrogens (primary N) is 1. The van der Waals surface area contributed by atoms with Gasteiger partial charge in [-0.3, -0.25) is 4.79 Å². The van der Waals surface area contributed by atoms with Gasteiger partial charge in [-0.25, -0.2) is 5.26 Å². The third-order valence-corrected chi connectivity index (χ3v) is 3.87. The molecule has 0 bridgehead atoms. The highest BCUT2D eigenvalue weighted by molar-refractivity contribution is 7.64. The van der Waals surface area contributed by atoms with Crippen molar-refractivity contribution in [2.45, 2.75) is 0 Å². The van der Waals surface area contributed by atoms with Crippen LogP contribution >= 0.6 is 11.5 Å². The summed E-state index contributed by atoms with van der Waals surface area (Å²) in [6.07, 6.45) is 0. The minimum atomic E-state index is -0.462. The molecule has 0 aliphatic carbocycles. The van der Waals surface area contributed by atoms with Crippen molar-refractivity contribution < 1.29 is 8.87 Å². The van der Waals surface area contributed by atoms with Gasteiger partial charge in [0.2, 0.25) is 0 Å². The highest BCUT2D eigenvalue weighted by atomic mass is 32.1. The Balaban J connectivity index is 0.000000595. The van der Waals surface area contributed by atoms with Crippen molar-refractivity contribution in [3.63, 3.8) is 0 Å². The second-order valence-corrected chi connectivity index (χ2v) is 5.42. The van der Waals surface area contributed by atoms with Crippen LogP contribution in [0.4, 0.5) is 0 Å². The lowest BCUT2D eigenvalue weighted by Crippen LogP contribution is -2.28. The molecule has 7 heteroatoms. The van der Waals surface area contributed by atoms with Crippen LogP contribution in [0.25, 0.3) is 16.9 Å². The molecular formula is C16H12N4OS2. The van der Waals surface area contributed by atoms with Crippen molar-refractivity contribution >= 4 is 30.1 Å². The standard InChI is InChI=1S/C15H11N3OS.CHNS/c16-15(19)14-13(11-7-3-1-4-8-11)17-18(20-14)12-9-5-2-6-10-12;2-1-3/h1-10H,(H-,16,19);3H. The summed E-state index contributed by atoms with van der Waals surface area (Å²) in [6.45, 7) is 0. The van der Waals surface area contributed by atoms with Crippen molar-refractivity contribution in [2.24, 2.45) is 5.73 Å². The molecule has 0 atom stereocenters. The molecule has 2 N–H and O–H groups in total. The quantitative estimate of drug-likeness (QED) is 0.450. The zero-order chi connectivity index (χ0) is 16.7. The van der Waals surface area contributed by atoms with Crippen LogP contribution in [0.5, 0.6) is 0 Å². The van der Waals surface area contributed by atoms with E-state index < -0.39 is 5.91 Å². The van der Waals surface area contributed by atoms with E-state index in [1.54, 1.807) is 4.07 Å². The van der Waals surface area contributed by atoms with E-state index in [1.165, 1.54) is 16.9 Å². The molecule has 0 saturated heterocycles. The highest BCUT2D eigenvalue weighted by Crippen LogP contribution is 2.23. The normalized spacial score (nSPS) is 9.35. The van der Waals surface area contributed by atoms with Crippen LogP contribution in [0.2, 0.25) is 0 Å². The van der Waals surface area contributed by atoms with Crippen LogP contribution in [0.3, 0.4) is 0 Å². The number of hydrogen-bond donors (Lipinski definition) is 1. The zero-order valence-electron chi connectivity index (χ0n) is 11.9. The zero-order valence-corrected chi connectivity index (χ0v) is 13.6. The van der Waals surface area contributed by atoms with Crippen LogP contribution in [0.1, 0.15) is 9.67 Å². The molecule has 23 heavy (non-hydrogen) atoms. The number of benzene rings is 2. The number of carbonyl (C=O) groups excluding carboxylic acids is 1. The number of amides is 1. The van der Waals surface area contributed by atoms with E-state index in [1.807, 2.05) is 60.7 Å². The molecule has 114 valence electrons. The van der Waals surface area contributed by atoms with Gasteiger partial charge in [0.05, 0.1) is 0 Å². The Kier molecular flexibility index (Phi) is 5.74. The number of thiocyanates is 1. The van der Waals surface area contributed by atoms with Gasteiger partial charge in [-0.15, -0.1) is 0 Å². The maximum atomic E-state index is 11.6. The molecule has 0 radical (unpaired) electrons. The number of nitriles is 1. The maximum Gasteiger partial charge on any atom is 0.267 e. The van der Waals surface area contributed by atoms with E-state index in [0.29, 0.717) is 10.6 Å². The molecule has 3 rings (SSSR count). The Morgan fingerprint density at radius 1 is 1.13 bits per heavy atom. The first-order valence-electron chi connectivity index (χ1n) is 6.53. The van der Waals surface area contributed by atoms with Crippen LogP contribution in [-0.2, 0) is 12.6 Å². The van der Waals surface area contributed by atoms with Crippen molar-refractivity contribution in [3.8, 4) is 22.3 Å². The fourth-order valence-electron chi connectivity index (χ4n) is 1.90. The highest BCUT2D eigenvalue weighted by Gasteiger charge is 2.25. The number of carbonyl (C=O) groups is 1. The van der Waals surface area contributed by atoms with Gasteiger partial charge in [0.15, 0.2) is 22.1 Å². The number of rotatable bonds is 3. The smallest absolute Gasteiger partial charge is 0.267 e. The molecule has 1 aromatic heterocycles. The first-order valence-corrected chi connectivity index (χ1v) is 7.71. The average Bonchev–Trinajstić information content (AvgIpc) is 3.03. The van der Waals surface area contributed by atoms with Crippen LogP contribution in [-0.4, -0.2) is 11.0 Å². The van der Waals surface area contributed by atoms with Gasteiger partial charge in [0.1, 0.15) is 0 Å². The Morgan fingerprint density at radius 3 is 2.17 bits per heavy atom. The average molecular weight is 340 g/mol. The molecule has 0 aliphatic heterocycles. The maximum absolute atomic E-state index is 11.6. The second kappa shape index (κ2) is 7.98. The SMILES string of the molecule is N#C[S-].NC(=O)c1s[n+](-c2ccccc2)nc1-c1ccccc1. The third kappa shape index (κ3) is 4.10. The lowest BCUT2D eigenvalue weighted by Gasteiger charge is -1.93. The second-order valence-electron chi connectivity index (χ2n) is 4.30. The van der Waals surface area contributed by atoms with E-state index >= 15 is 0 Å². The number of aromatic nitrogens is 2. The summed E-state index contributed by atoms with van der Waals surface area (Å²) >= 11 is 4.95. The van der Waals surface area contributed by atoms with E-state index in [-0.39, 0.29) is 0 Å². The molecule has 1 amide bonds. The van der Waals surface area contributed by atoms with Gasteiger partial charge < -0.3 is 18.4 Å². The predicted molar refractivity (Wildman–Crippen MR) is 90.6 cm³/mol. The van der Waals surface area contributed by atoms with Crippen LogP contribution in [0, 0.1) is 10.7 Å². The van der Waals surface area contributed by atoms with E-state index in [9.17, 15) is 4.79 Å². The van der Waals surface area contributed by atoms with Gasteiger partial charge in [-0.2, -0.15) is 0 Å². The van der Waals surface area contributed by atoms with Crippen molar-refractivity contribution in [1.29, 1.82) is 5.26 Å². The first-order chi connectivity index (χ1) is 11.2. The summed E-state index contributed by atoms with van der Waals surface area (Å²) in [6, 6.07) is 19.2. The topological polar surface area (TPSA) is 83.6 Å². The fourth-order valence-corrected chi connectivity index (χ4v) is 2.76. The summed E-state index contributed by atoms with van der Waals surface area (Å²) < 4.78 is 1.71. The molecule has 5 nitrogen and oxygen atoms in total. The number of primary amides is 1. The lowest BCUT2D eigenvalue weighted by atomic mass is 10.1. The summed E-state index contributed by atoms with van der Waals surface area (Å²) in [5.74, 6) is -0.462. The number of para-hydroxylation sites is 1. The largest absolute Gasteiger partial charge is 0.696 e. The third-order valence-electron chi connectivity index (χ3n) is 2.83. The summed E-state index contributed by atoms with van der Waals surface area (Å²) in [5.41, 5.74) is 7.87. The van der Waals surface area contributed by atoms with Gasteiger partial charge in [-0.05, 0) is 0 Å². The minimum Gasteiger partial charge on any atom is -0.696 e. The first kappa shape index (κ1) is 16.5. The molecule has 0 unspecified atom stereocenters. The van der Waals surface area contributed by atoms with E-state index in [4.69, 9.17) is 11.0 Å². The van der Waals surface area contributed by atoms with Crippen LogP contribution in [0.15, 0.2) is 60.7 Å². The van der Waals surface area contributed by atoms with E-state index in [0.717, 1.165) is 11.3 Å². The fraction of sp³-hybridized carbons (Fsp3) is 0. The number of nitrogens with zero attached hydrogens (tertiary/aromatic N) is 3. The van der Waals surface area contributed by atoms with E-state index in [2.05, 4.69) is 17.7 Å². The van der Waals surface area contributed by atoms with Crippen molar-refractivity contribution in [3.05, 3.63) is 65.5 Å². The molecule has 0 spiro atoms. The molecule has 3 aromatic rings. The molecule has 1 heterocycles. The Hall–Kier alpha value is -2.82. The molecule has 0 saturated carbocycles. The summed E-state index contributed by atoms with van der Waals surface area (Å²) in [4.78, 5) is 12.1. The molecule has 0 fully saturated rings.